The van der Waals surface area contributed by atoms with Crippen LogP contribution in [0, 0.1) is 0 Å². The van der Waals surface area contributed by atoms with Gasteiger partial charge in [-0.25, -0.2) is 4.79 Å². The second-order valence-corrected chi connectivity index (χ2v) is 7.54. The number of aryl methyl sites for hydroxylation is 2. The first-order valence-electron chi connectivity index (χ1n) is 9.79. The van der Waals surface area contributed by atoms with Crippen LogP contribution in [0.2, 0.25) is 0 Å². The van der Waals surface area contributed by atoms with Crippen LogP contribution in [-0.2, 0) is 28.8 Å². The number of rotatable bonds is 4. The van der Waals surface area contributed by atoms with Gasteiger partial charge in [0.25, 0.3) is 0 Å². The Bertz CT molecular complexity index is 847. The summed E-state index contributed by atoms with van der Waals surface area (Å²) in [5.41, 5.74) is 4.57. The summed E-state index contributed by atoms with van der Waals surface area (Å²) < 4.78 is 6.85. The third-order valence-corrected chi connectivity index (χ3v) is 5.90. The minimum absolute atomic E-state index is 0.201. The van der Waals surface area contributed by atoms with Gasteiger partial charge >= 0.3 is 5.97 Å². The van der Waals surface area contributed by atoms with E-state index in [1.165, 1.54) is 31.1 Å². The monoisotopic (exact) mass is 366 g/mol. The van der Waals surface area contributed by atoms with E-state index in [-0.39, 0.29) is 17.9 Å². The summed E-state index contributed by atoms with van der Waals surface area (Å²) >= 11 is 0. The molecular weight excluding hydrogens is 340 g/mol. The number of amides is 1. The molecule has 0 atom stereocenters. The van der Waals surface area contributed by atoms with Crippen LogP contribution in [0.25, 0.3) is 0 Å². The number of hydrogen-bond acceptors (Lipinski definition) is 3. The van der Waals surface area contributed by atoms with E-state index in [1.807, 2.05) is 21.7 Å². The van der Waals surface area contributed by atoms with Crippen LogP contribution in [0.15, 0.2) is 36.5 Å². The number of carbonyl (C=O) groups excluding carboxylic acids is 2. The van der Waals surface area contributed by atoms with E-state index in [2.05, 4.69) is 18.2 Å². The molecule has 0 radical (unpaired) electrons. The maximum atomic E-state index is 12.7. The molecule has 0 N–H and O–H groups in total. The quantitative estimate of drug-likeness (QED) is 0.781. The zero-order chi connectivity index (χ0) is 18.8. The number of esters is 1. The molecule has 1 amide bonds. The van der Waals surface area contributed by atoms with Gasteiger partial charge in [0.05, 0.1) is 13.5 Å². The van der Waals surface area contributed by atoms with Crippen molar-refractivity contribution in [1.82, 2.24) is 9.47 Å². The molecule has 1 aromatic carbocycles. The average Bonchev–Trinajstić information content (AvgIpc) is 3.36. The fourth-order valence-electron chi connectivity index (χ4n) is 4.40. The van der Waals surface area contributed by atoms with Gasteiger partial charge in [0.1, 0.15) is 5.69 Å². The number of likely N-dealkylation sites (tertiary alicyclic amines) is 1. The summed E-state index contributed by atoms with van der Waals surface area (Å²) in [7, 11) is 1.40. The summed E-state index contributed by atoms with van der Waals surface area (Å²) in [4.78, 5) is 26.6. The van der Waals surface area contributed by atoms with Gasteiger partial charge in [0.15, 0.2) is 0 Å². The van der Waals surface area contributed by atoms with Gasteiger partial charge in [-0.1, -0.05) is 18.2 Å². The fraction of sp³-hybridized carbons (Fsp3) is 0.455. The minimum atomic E-state index is -0.310. The van der Waals surface area contributed by atoms with Gasteiger partial charge in [0.2, 0.25) is 5.91 Å². The van der Waals surface area contributed by atoms with Crippen molar-refractivity contribution in [2.24, 2.45) is 0 Å². The molecule has 0 saturated carbocycles. The summed E-state index contributed by atoms with van der Waals surface area (Å²) in [5.74, 6) is -0.109. The lowest BCUT2D eigenvalue weighted by molar-refractivity contribution is -0.131. The molecule has 5 nitrogen and oxygen atoms in total. The van der Waals surface area contributed by atoms with E-state index < -0.39 is 0 Å². The van der Waals surface area contributed by atoms with Gasteiger partial charge in [-0.15, -0.1) is 0 Å². The first kappa shape index (κ1) is 17.8. The Morgan fingerprint density at radius 3 is 2.67 bits per heavy atom. The molecular formula is C22H26N2O3. The highest BCUT2D eigenvalue weighted by atomic mass is 16.5. The number of benzene rings is 1. The molecule has 1 fully saturated rings. The zero-order valence-electron chi connectivity index (χ0n) is 15.8. The fourth-order valence-corrected chi connectivity index (χ4v) is 4.40. The molecule has 2 aromatic rings. The van der Waals surface area contributed by atoms with Crippen molar-refractivity contribution >= 4 is 11.9 Å². The molecule has 1 saturated heterocycles. The summed E-state index contributed by atoms with van der Waals surface area (Å²) in [6.45, 7) is 1.46. The second-order valence-electron chi connectivity index (χ2n) is 7.54. The van der Waals surface area contributed by atoms with Crippen LogP contribution >= 0.6 is 0 Å². The zero-order valence-corrected chi connectivity index (χ0v) is 15.8. The van der Waals surface area contributed by atoms with Crippen molar-refractivity contribution < 1.29 is 14.3 Å². The Morgan fingerprint density at radius 1 is 1.11 bits per heavy atom. The van der Waals surface area contributed by atoms with Gasteiger partial charge < -0.3 is 14.2 Å². The molecule has 0 spiro atoms. The maximum Gasteiger partial charge on any atom is 0.354 e. The highest BCUT2D eigenvalue weighted by Gasteiger charge is 2.26. The first-order valence-corrected chi connectivity index (χ1v) is 9.79. The van der Waals surface area contributed by atoms with Crippen molar-refractivity contribution in [3.8, 4) is 0 Å². The highest BCUT2D eigenvalue weighted by Crippen LogP contribution is 2.26. The molecule has 27 heavy (non-hydrogen) atoms. The van der Waals surface area contributed by atoms with E-state index in [4.69, 9.17) is 4.74 Å². The smallest absolute Gasteiger partial charge is 0.354 e. The van der Waals surface area contributed by atoms with E-state index in [0.29, 0.717) is 12.1 Å². The second kappa shape index (κ2) is 7.59. The van der Waals surface area contributed by atoms with Gasteiger partial charge in [-0.2, -0.15) is 0 Å². The van der Waals surface area contributed by atoms with Crippen molar-refractivity contribution in [2.45, 2.75) is 44.6 Å². The van der Waals surface area contributed by atoms with Crippen molar-refractivity contribution in [1.29, 1.82) is 0 Å². The molecule has 2 heterocycles. The average molecular weight is 366 g/mol. The third-order valence-electron chi connectivity index (χ3n) is 5.90. The first-order chi connectivity index (χ1) is 13.2. The summed E-state index contributed by atoms with van der Waals surface area (Å²) in [6.07, 6.45) is 7.66. The molecule has 5 heteroatoms. The maximum absolute atomic E-state index is 12.7. The predicted octanol–water partition coefficient (Wildman–Crippen LogP) is 3.17. The molecule has 1 aromatic heterocycles. The SMILES string of the molecule is COC(=O)c1cccn1C1CCN(C(=O)Cc2ccc3c(c2)CCC3)CC1. The molecule has 2 aliphatic rings. The largest absolute Gasteiger partial charge is 0.464 e. The molecule has 142 valence electrons. The van der Waals surface area contributed by atoms with Crippen molar-refractivity contribution in [2.75, 3.05) is 20.2 Å². The van der Waals surface area contributed by atoms with Crippen LogP contribution in [-0.4, -0.2) is 41.5 Å². The highest BCUT2D eigenvalue weighted by molar-refractivity contribution is 5.87. The standard InChI is InChI=1S/C22H26N2O3/c1-27-22(26)20-6-3-11-24(20)19-9-12-23(13-10-19)21(25)15-16-7-8-17-4-2-5-18(17)14-16/h3,6-8,11,14,19H,2,4-5,9-10,12-13,15H2,1H3. The minimum Gasteiger partial charge on any atom is -0.464 e. The number of fused-ring (bicyclic) bond motifs is 1. The Labute approximate surface area is 159 Å². The number of methoxy groups -OCH3 is 1. The lowest BCUT2D eigenvalue weighted by Gasteiger charge is -2.33. The van der Waals surface area contributed by atoms with Crippen LogP contribution < -0.4 is 0 Å². The van der Waals surface area contributed by atoms with Crippen LogP contribution in [0.3, 0.4) is 0 Å². The van der Waals surface area contributed by atoms with E-state index >= 15 is 0 Å². The normalized spacial score (nSPS) is 17.0. The van der Waals surface area contributed by atoms with Crippen LogP contribution in [0.5, 0.6) is 0 Å². The Morgan fingerprint density at radius 2 is 1.89 bits per heavy atom. The number of carbonyl (C=O) groups is 2. The topological polar surface area (TPSA) is 51.5 Å². The molecule has 1 aliphatic carbocycles. The molecule has 4 rings (SSSR count). The van der Waals surface area contributed by atoms with Crippen molar-refractivity contribution in [3.63, 3.8) is 0 Å². The predicted molar refractivity (Wildman–Crippen MR) is 103 cm³/mol. The van der Waals surface area contributed by atoms with Gasteiger partial charge in [-0.05, 0) is 60.9 Å². The number of piperidine rings is 1. The third kappa shape index (κ3) is 3.64. The molecule has 1 aliphatic heterocycles. The van der Waals surface area contributed by atoms with Crippen LogP contribution in [0.4, 0.5) is 0 Å². The molecule has 0 unspecified atom stereocenters. The van der Waals surface area contributed by atoms with E-state index in [0.717, 1.165) is 37.9 Å². The number of hydrogen-bond donors (Lipinski definition) is 0. The summed E-state index contributed by atoms with van der Waals surface area (Å²) in [5, 5.41) is 0. The Hall–Kier alpha value is -2.56. The van der Waals surface area contributed by atoms with Gasteiger partial charge in [-0.3, -0.25) is 4.79 Å². The lowest BCUT2D eigenvalue weighted by Crippen LogP contribution is -2.40. The Balaban J connectivity index is 1.36. The Kier molecular flexibility index (Phi) is 5.01. The van der Waals surface area contributed by atoms with E-state index in [1.54, 1.807) is 6.07 Å². The van der Waals surface area contributed by atoms with Crippen molar-refractivity contribution in [3.05, 3.63) is 58.9 Å². The van der Waals surface area contributed by atoms with E-state index in [9.17, 15) is 9.59 Å². The number of ether oxygens (including phenoxy) is 1. The van der Waals surface area contributed by atoms with Crippen LogP contribution in [0.1, 0.15) is 52.5 Å². The number of nitrogens with zero attached hydrogens (tertiary/aromatic N) is 2. The molecule has 0 bridgehead atoms. The lowest BCUT2D eigenvalue weighted by atomic mass is 10.0. The van der Waals surface area contributed by atoms with Gasteiger partial charge in [0, 0.05) is 25.3 Å². The number of aromatic nitrogens is 1. The summed E-state index contributed by atoms with van der Waals surface area (Å²) in [6, 6.07) is 10.4.